The average Bonchev–Trinajstić information content (AvgIpc) is 3.70. The van der Waals surface area contributed by atoms with Crippen molar-refractivity contribution in [2.75, 3.05) is 47.0 Å². The number of hydrogen-bond acceptors (Lipinski definition) is 9. The molecule has 5 rings (SSSR count). The fourth-order valence-electron chi connectivity index (χ4n) is 7.77. The lowest BCUT2D eigenvalue weighted by atomic mass is 9.78. The van der Waals surface area contributed by atoms with Gasteiger partial charge in [0.25, 0.3) is 0 Å². The summed E-state index contributed by atoms with van der Waals surface area (Å²) in [6, 6.07) is 16.6. The SMILES string of the molecule is CCC1CSC(=CC=C(Cl)C=CC2N(CCC(=O)O)c3ccc4c(NC(=O)C=Cc5ccc(N(CCC(=O)O)CCC(=O)O)cc5)cccc4c3C2(C)C)N1CCC(=O)O. The predicted molar refractivity (Wildman–Crippen MR) is 238 cm³/mol. The number of aliphatic carboxylic acids is 4. The van der Waals surface area contributed by atoms with E-state index in [1.807, 2.05) is 48.6 Å². The zero-order valence-electron chi connectivity index (χ0n) is 33.8. The predicted octanol–water partition coefficient (Wildman–Crippen LogP) is 8.01. The Kier molecular flexibility index (Phi) is 15.5. The molecule has 0 aliphatic carbocycles. The van der Waals surface area contributed by atoms with Gasteiger partial charge in [-0.1, -0.05) is 68.8 Å². The number of nitrogens with zero attached hydrogens (tertiary/aromatic N) is 3. The van der Waals surface area contributed by atoms with E-state index in [-0.39, 0.29) is 63.3 Å². The molecule has 0 bridgehead atoms. The monoisotopic (exact) mass is 858 g/mol. The van der Waals surface area contributed by atoms with Crippen molar-refractivity contribution in [2.24, 2.45) is 0 Å². The highest BCUT2D eigenvalue weighted by Crippen LogP contribution is 2.50. The normalized spacial score (nSPS) is 18.1. The van der Waals surface area contributed by atoms with Crippen LogP contribution in [0.5, 0.6) is 0 Å². The molecular weight excluding hydrogens is 808 g/mol. The first-order valence-electron chi connectivity index (χ1n) is 19.8. The van der Waals surface area contributed by atoms with Crippen molar-refractivity contribution in [3.05, 3.63) is 106 Å². The second-order valence-corrected chi connectivity index (χ2v) is 16.7. The van der Waals surface area contributed by atoms with Crippen LogP contribution in [0.4, 0.5) is 17.1 Å². The minimum Gasteiger partial charge on any atom is -0.481 e. The van der Waals surface area contributed by atoms with Gasteiger partial charge in [0.15, 0.2) is 0 Å². The van der Waals surface area contributed by atoms with E-state index in [1.54, 1.807) is 53.1 Å². The summed E-state index contributed by atoms with van der Waals surface area (Å²) in [6.07, 6.45) is 11.2. The van der Waals surface area contributed by atoms with Gasteiger partial charge >= 0.3 is 23.9 Å². The molecule has 1 saturated heterocycles. The van der Waals surface area contributed by atoms with Gasteiger partial charge in [-0.3, -0.25) is 24.0 Å². The molecule has 3 aromatic carbocycles. The van der Waals surface area contributed by atoms with Gasteiger partial charge in [0.05, 0.1) is 36.8 Å². The number of anilines is 3. The van der Waals surface area contributed by atoms with Gasteiger partial charge in [0.2, 0.25) is 5.91 Å². The third kappa shape index (κ3) is 11.5. The molecule has 0 radical (unpaired) electrons. The number of amides is 1. The van der Waals surface area contributed by atoms with Crippen LogP contribution in [0, 0.1) is 0 Å². The average molecular weight is 859 g/mol. The molecule has 2 heterocycles. The minimum absolute atomic E-state index is 0.0463. The summed E-state index contributed by atoms with van der Waals surface area (Å²) in [5.41, 5.74) is 3.38. The van der Waals surface area contributed by atoms with Crippen molar-refractivity contribution in [1.29, 1.82) is 0 Å². The summed E-state index contributed by atoms with van der Waals surface area (Å²) in [7, 11) is 0. The molecule has 3 aromatic rings. The Balaban J connectivity index is 1.36. The molecule has 60 heavy (non-hydrogen) atoms. The largest absolute Gasteiger partial charge is 0.481 e. The number of thioether (sulfide) groups is 1. The molecule has 2 unspecified atom stereocenters. The molecule has 0 saturated carbocycles. The Morgan fingerprint density at radius 2 is 1.47 bits per heavy atom. The van der Waals surface area contributed by atoms with E-state index in [4.69, 9.17) is 21.8 Å². The number of benzene rings is 3. The van der Waals surface area contributed by atoms with Gasteiger partial charge in [0.1, 0.15) is 0 Å². The quantitative estimate of drug-likeness (QED) is 0.0544. The van der Waals surface area contributed by atoms with Gasteiger partial charge in [-0.25, -0.2) is 0 Å². The van der Waals surface area contributed by atoms with E-state index in [9.17, 15) is 34.2 Å². The molecule has 1 fully saturated rings. The number of carboxylic acid groups (broad SMARTS) is 4. The second kappa shape index (κ2) is 20.5. The second-order valence-electron chi connectivity index (χ2n) is 15.2. The van der Waals surface area contributed by atoms with Crippen molar-refractivity contribution in [3.8, 4) is 0 Å². The lowest BCUT2D eigenvalue weighted by Gasteiger charge is -2.32. The number of rotatable bonds is 20. The Labute approximate surface area is 358 Å². The van der Waals surface area contributed by atoms with Crippen LogP contribution >= 0.6 is 23.4 Å². The first-order valence-corrected chi connectivity index (χ1v) is 21.1. The number of hydrogen-bond donors (Lipinski definition) is 5. The Morgan fingerprint density at radius 1 is 0.833 bits per heavy atom. The maximum Gasteiger partial charge on any atom is 0.305 e. The Bertz CT molecular complexity index is 2200. The highest BCUT2D eigenvalue weighted by Gasteiger charge is 2.44. The van der Waals surface area contributed by atoms with Crippen molar-refractivity contribution < 1.29 is 44.4 Å². The maximum absolute atomic E-state index is 13.3. The third-order valence-electron chi connectivity index (χ3n) is 10.8. The van der Waals surface area contributed by atoms with Crippen LogP contribution in [0.25, 0.3) is 16.8 Å². The van der Waals surface area contributed by atoms with Crippen molar-refractivity contribution in [3.63, 3.8) is 0 Å². The fraction of sp³-hybridized carbons (Fsp3) is 0.356. The van der Waals surface area contributed by atoms with E-state index in [1.165, 1.54) is 6.08 Å². The fourth-order valence-corrected chi connectivity index (χ4v) is 9.25. The van der Waals surface area contributed by atoms with Crippen molar-refractivity contribution in [1.82, 2.24) is 4.90 Å². The lowest BCUT2D eigenvalue weighted by Crippen LogP contribution is -2.41. The summed E-state index contributed by atoms with van der Waals surface area (Å²) in [5, 5.41) is 43.4. The van der Waals surface area contributed by atoms with Crippen LogP contribution < -0.4 is 15.1 Å². The highest BCUT2D eigenvalue weighted by atomic mass is 35.5. The molecule has 318 valence electrons. The molecule has 0 spiro atoms. The summed E-state index contributed by atoms with van der Waals surface area (Å²) in [6.45, 7) is 7.30. The van der Waals surface area contributed by atoms with Crippen LogP contribution in [0.1, 0.15) is 64.0 Å². The molecule has 15 heteroatoms. The van der Waals surface area contributed by atoms with Gasteiger partial charge in [0, 0.05) is 76.9 Å². The third-order valence-corrected chi connectivity index (χ3v) is 12.2. The molecule has 0 aromatic heterocycles. The number of allylic oxidation sites excluding steroid dienone is 4. The topological polar surface area (TPSA) is 188 Å². The first kappa shape index (κ1) is 45.4. The van der Waals surface area contributed by atoms with Gasteiger partial charge in [-0.15, -0.1) is 11.8 Å². The molecule has 2 atom stereocenters. The van der Waals surface area contributed by atoms with Gasteiger partial charge < -0.3 is 40.4 Å². The van der Waals surface area contributed by atoms with E-state index in [0.29, 0.717) is 23.0 Å². The zero-order chi connectivity index (χ0) is 43.6. The standard InChI is InChI=1S/C45H51ClN4O9S/c1-4-31-28-60-39(49(31)26-22-42(56)57)19-12-30(46)11-17-37-45(2,3)44-34-6-5-7-35(33(34)15-16-36(44)50(37)27-23-43(58)59)47-38(51)18-10-29-8-13-32(14-9-29)48(24-20-40(52)53)25-21-41(54)55/h5-19,31,37H,4,20-28H2,1-3H3,(H,47,51)(H,52,53)(H,54,55)(H,56,57)(H,58,59). The van der Waals surface area contributed by atoms with Crippen molar-refractivity contribution >= 4 is 87.1 Å². The first-order chi connectivity index (χ1) is 28.6. The molecule has 2 aliphatic heterocycles. The zero-order valence-corrected chi connectivity index (χ0v) is 35.4. The Morgan fingerprint density at radius 3 is 2.08 bits per heavy atom. The number of carbonyl (C=O) groups excluding carboxylic acids is 1. The van der Waals surface area contributed by atoms with E-state index in [2.05, 4.69) is 35.9 Å². The summed E-state index contributed by atoms with van der Waals surface area (Å²) in [5.74, 6) is -3.20. The number of carbonyl (C=O) groups is 5. The number of halogens is 1. The summed E-state index contributed by atoms with van der Waals surface area (Å²) >= 11 is 8.44. The van der Waals surface area contributed by atoms with Crippen LogP contribution in [-0.2, 0) is 29.4 Å². The number of fused-ring (bicyclic) bond motifs is 3. The van der Waals surface area contributed by atoms with Crippen LogP contribution in [0.3, 0.4) is 0 Å². The molecule has 13 nitrogen and oxygen atoms in total. The van der Waals surface area contributed by atoms with E-state index in [0.717, 1.165) is 44.8 Å². The van der Waals surface area contributed by atoms with Crippen LogP contribution in [0.15, 0.2) is 95.0 Å². The maximum atomic E-state index is 13.3. The highest BCUT2D eigenvalue weighted by molar-refractivity contribution is 8.03. The van der Waals surface area contributed by atoms with Gasteiger partial charge in [-0.05, 0) is 71.5 Å². The van der Waals surface area contributed by atoms with Crippen molar-refractivity contribution in [2.45, 2.75) is 70.4 Å². The summed E-state index contributed by atoms with van der Waals surface area (Å²) < 4.78 is 0. The molecule has 5 N–H and O–H groups in total. The van der Waals surface area contributed by atoms with E-state index >= 15 is 0 Å². The lowest BCUT2D eigenvalue weighted by molar-refractivity contribution is -0.138. The minimum atomic E-state index is -0.979. The van der Waals surface area contributed by atoms with E-state index < -0.39 is 29.3 Å². The number of nitrogens with one attached hydrogen (secondary N) is 1. The molecular formula is C45H51ClN4O9S. The van der Waals surface area contributed by atoms with Crippen LogP contribution in [-0.4, -0.2) is 99.1 Å². The molecule has 2 aliphatic rings. The Hall–Kier alpha value is -5.73. The van der Waals surface area contributed by atoms with Crippen LogP contribution in [0.2, 0.25) is 0 Å². The smallest absolute Gasteiger partial charge is 0.305 e. The summed E-state index contributed by atoms with van der Waals surface area (Å²) in [4.78, 5) is 64.5. The molecule has 1 amide bonds. The number of carboxylic acids is 4. The van der Waals surface area contributed by atoms with Gasteiger partial charge in [-0.2, -0.15) is 0 Å².